The number of H-pyrrole nitrogens is 1. The molecule has 2 heteroatoms. The summed E-state index contributed by atoms with van der Waals surface area (Å²) in [5, 5.41) is 5.38. The number of rotatable bonds is 2. The Hall–Kier alpha value is -2.32. The number of fused-ring (bicyclic) bond motifs is 3. The van der Waals surface area contributed by atoms with Gasteiger partial charge in [0.15, 0.2) is 0 Å². The monoisotopic (exact) mass is 271 g/mol. The van der Waals surface area contributed by atoms with E-state index in [1.54, 1.807) is 0 Å². The van der Waals surface area contributed by atoms with Crippen LogP contribution in [0.5, 0.6) is 0 Å². The highest BCUT2D eigenvalue weighted by atomic mass is 28.2. The van der Waals surface area contributed by atoms with Crippen LogP contribution >= 0.6 is 0 Å². The van der Waals surface area contributed by atoms with Crippen LogP contribution in [0.4, 0.5) is 0 Å². The van der Waals surface area contributed by atoms with Gasteiger partial charge >= 0.3 is 0 Å². The standard InChI is InChI=1S/C18H13NSi/c1-2-7-13(8-3-1)20-17-12-6-10-15-14-9-4-5-11-16(14)19-18(15)17/h1-12,19H. The van der Waals surface area contributed by atoms with Gasteiger partial charge in [-0.25, -0.2) is 0 Å². The van der Waals surface area contributed by atoms with Crippen molar-refractivity contribution in [1.29, 1.82) is 0 Å². The van der Waals surface area contributed by atoms with Crippen molar-refractivity contribution in [3.05, 3.63) is 72.8 Å². The molecule has 1 aromatic heterocycles. The molecule has 0 saturated heterocycles. The topological polar surface area (TPSA) is 15.8 Å². The van der Waals surface area contributed by atoms with Crippen LogP contribution in [0.2, 0.25) is 0 Å². The fourth-order valence-corrected chi connectivity index (χ4v) is 3.83. The van der Waals surface area contributed by atoms with Crippen molar-refractivity contribution in [2.75, 3.05) is 0 Å². The van der Waals surface area contributed by atoms with Gasteiger partial charge in [-0.2, -0.15) is 0 Å². The lowest BCUT2D eigenvalue weighted by Crippen LogP contribution is -2.27. The average molecular weight is 271 g/mol. The van der Waals surface area contributed by atoms with Crippen LogP contribution in [0.25, 0.3) is 21.8 Å². The van der Waals surface area contributed by atoms with E-state index in [-0.39, 0.29) is 0 Å². The highest BCUT2D eigenvalue weighted by Crippen LogP contribution is 2.23. The molecular formula is C18H13NSi. The fraction of sp³-hybridized carbons (Fsp3) is 0. The molecule has 1 heterocycles. The van der Waals surface area contributed by atoms with E-state index in [1.165, 1.54) is 32.2 Å². The Balaban J connectivity index is 1.91. The first kappa shape index (κ1) is 11.5. The Morgan fingerprint density at radius 2 is 1.40 bits per heavy atom. The van der Waals surface area contributed by atoms with Gasteiger partial charge in [0.05, 0.1) is 0 Å². The molecule has 2 radical (unpaired) electrons. The lowest BCUT2D eigenvalue weighted by molar-refractivity contribution is 1.56. The lowest BCUT2D eigenvalue weighted by atomic mass is 10.1. The molecule has 0 aliphatic heterocycles. The average Bonchev–Trinajstić information content (AvgIpc) is 2.88. The molecule has 1 N–H and O–H groups in total. The molecule has 20 heavy (non-hydrogen) atoms. The Bertz CT molecular complexity index is 878. The Morgan fingerprint density at radius 3 is 2.30 bits per heavy atom. The van der Waals surface area contributed by atoms with Crippen LogP contribution < -0.4 is 10.4 Å². The number of para-hydroxylation sites is 2. The molecule has 0 bridgehead atoms. The minimum atomic E-state index is 0.684. The van der Waals surface area contributed by atoms with Gasteiger partial charge in [0.25, 0.3) is 0 Å². The summed E-state index contributed by atoms with van der Waals surface area (Å²) in [6, 6.07) is 25.8. The van der Waals surface area contributed by atoms with Crippen molar-refractivity contribution in [3.63, 3.8) is 0 Å². The molecule has 1 nitrogen and oxygen atoms in total. The largest absolute Gasteiger partial charge is 0.355 e. The zero-order valence-corrected chi connectivity index (χ0v) is 11.9. The van der Waals surface area contributed by atoms with E-state index in [2.05, 4.69) is 77.8 Å². The summed E-state index contributed by atoms with van der Waals surface area (Å²) < 4.78 is 0. The molecule has 0 amide bonds. The van der Waals surface area contributed by atoms with E-state index in [9.17, 15) is 0 Å². The third-order valence-electron chi connectivity index (χ3n) is 3.59. The van der Waals surface area contributed by atoms with Gasteiger partial charge in [-0.1, -0.05) is 71.9 Å². The first-order chi connectivity index (χ1) is 9.92. The van der Waals surface area contributed by atoms with Crippen LogP contribution in [0.3, 0.4) is 0 Å². The summed E-state index contributed by atoms with van der Waals surface area (Å²) in [6.07, 6.45) is 0. The quantitative estimate of drug-likeness (QED) is 0.540. The minimum absolute atomic E-state index is 0.684. The van der Waals surface area contributed by atoms with Gasteiger partial charge in [0.2, 0.25) is 0 Å². The summed E-state index contributed by atoms with van der Waals surface area (Å²) in [5.41, 5.74) is 2.49. The molecule has 3 aromatic carbocycles. The first-order valence-corrected chi connectivity index (χ1v) is 7.73. The minimum Gasteiger partial charge on any atom is -0.355 e. The number of nitrogens with one attached hydrogen (secondary N) is 1. The summed E-state index contributed by atoms with van der Waals surface area (Å²) in [7, 11) is 0.684. The van der Waals surface area contributed by atoms with Gasteiger partial charge in [-0.05, 0) is 11.3 Å². The van der Waals surface area contributed by atoms with E-state index in [4.69, 9.17) is 0 Å². The zero-order chi connectivity index (χ0) is 13.4. The first-order valence-electron chi connectivity index (χ1n) is 6.73. The fourth-order valence-electron chi connectivity index (χ4n) is 2.65. The van der Waals surface area contributed by atoms with Crippen molar-refractivity contribution in [3.8, 4) is 0 Å². The molecule has 0 aliphatic carbocycles. The van der Waals surface area contributed by atoms with Crippen molar-refractivity contribution >= 4 is 41.7 Å². The predicted molar refractivity (Wildman–Crippen MR) is 87.3 cm³/mol. The molecule has 4 aromatic rings. The van der Waals surface area contributed by atoms with Gasteiger partial charge in [0.1, 0.15) is 9.52 Å². The molecule has 0 spiro atoms. The predicted octanol–water partition coefficient (Wildman–Crippen LogP) is 2.98. The van der Waals surface area contributed by atoms with E-state index < -0.39 is 0 Å². The third-order valence-corrected chi connectivity index (χ3v) is 4.90. The summed E-state index contributed by atoms with van der Waals surface area (Å²) in [4.78, 5) is 3.57. The smallest absolute Gasteiger partial charge is 0.124 e. The molecule has 0 aliphatic rings. The number of aromatic nitrogens is 1. The van der Waals surface area contributed by atoms with Crippen LogP contribution in [-0.2, 0) is 0 Å². The van der Waals surface area contributed by atoms with Crippen LogP contribution in [-0.4, -0.2) is 14.5 Å². The van der Waals surface area contributed by atoms with Gasteiger partial charge in [-0.15, -0.1) is 0 Å². The molecule has 94 valence electrons. The highest BCUT2D eigenvalue weighted by molar-refractivity contribution is 6.69. The van der Waals surface area contributed by atoms with E-state index in [0.717, 1.165) is 0 Å². The Labute approximate surface area is 120 Å². The molecule has 4 rings (SSSR count). The number of aromatic amines is 1. The van der Waals surface area contributed by atoms with Crippen molar-refractivity contribution in [2.24, 2.45) is 0 Å². The lowest BCUT2D eigenvalue weighted by Gasteiger charge is -2.02. The van der Waals surface area contributed by atoms with E-state index >= 15 is 0 Å². The highest BCUT2D eigenvalue weighted by Gasteiger charge is 2.08. The second-order valence-corrected chi connectivity index (χ2v) is 6.26. The van der Waals surface area contributed by atoms with Gasteiger partial charge in [0, 0.05) is 21.8 Å². The van der Waals surface area contributed by atoms with E-state index in [0.29, 0.717) is 9.52 Å². The molecular weight excluding hydrogens is 258 g/mol. The summed E-state index contributed by atoms with van der Waals surface area (Å²) >= 11 is 0. The Kier molecular flexibility index (Phi) is 2.68. The SMILES string of the molecule is c1ccc([Si]c2cccc3c2[nH]c2ccccc23)cc1. The van der Waals surface area contributed by atoms with Gasteiger partial charge in [-0.3, -0.25) is 0 Å². The zero-order valence-electron chi connectivity index (χ0n) is 10.9. The number of hydrogen-bond acceptors (Lipinski definition) is 0. The Morgan fingerprint density at radius 1 is 0.650 bits per heavy atom. The van der Waals surface area contributed by atoms with Crippen molar-refractivity contribution < 1.29 is 0 Å². The normalized spacial score (nSPS) is 11.2. The van der Waals surface area contributed by atoms with Gasteiger partial charge < -0.3 is 4.98 Å². The summed E-state index contributed by atoms with van der Waals surface area (Å²) in [6.45, 7) is 0. The van der Waals surface area contributed by atoms with Crippen LogP contribution in [0.1, 0.15) is 0 Å². The second kappa shape index (κ2) is 4.65. The number of hydrogen-bond donors (Lipinski definition) is 1. The molecule has 0 unspecified atom stereocenters. The van der Waals surface area contributed by atoms with Crippen LogP contribution in [0.15, 0.2) is 72.8 Å². The maximum atomic E-state index is 3.57. The number of benzene rings is 3. The van der Waals surface area contributed by atoms with Crippen molar-refractivity contribution in [2.45, 2.75) is 0 Å². The second-order valence-electron chi connectivity index (χ2n) is 4.89. The molecule has 0 saturated carbocycles. The molecule has 0 atom stereocenters. The van der Waals surface area contributed by atoms with Crippen LogP contribution in [0, 0.1) is 0 Å². The van der Waals surface area contributed by atoms with E-state index in [1.807, 2.05) is 0 Å². The summed E-state index contributed by atoms with van der Waals surface area (Å²) in [5.74, 6) is 0. The maximum absolute atomic E-state index is 3.57. The maximum Gasteiger partial charge on any atom is 0.124 e. The third kappa shape index (κ3) is 1.85. The van der Waals surface area contributed by atoms with Crippen molar-refractivity contribution in [1.82, 2.24) is 4.98 Å². The molecule has 0 fully saturated rings.